The number of nitrogens with one attached hydrogen (secondary N) is 2. The zero-order valence-electron chi connectivity index (χ0n) is 9.87. The Hall–Kier alpha value is -0.870. The maximum Gasteiger partial charge on any atom is 0.237 e. The van der Waals surface area contributed by atoms with Crippen molar-refractivity contribution in [3.05, 3.63) is 21.9 Å². The lowest BCUT2D eigenvalue weighted by molar-refractivity contribution is -0.123. The molecule has 0 aromatic carbocycles. The smallest absolute Gasteiger partial charge is 0.237 e. The lowest BCUT2D eigenvalue weighted by Crippen LogP contribution is -2.42. The Bertz CT molecular complexity index is 409. The van der Waals surface area contributed by atoms with E-state index in [9.17, 15) is 4.79 Å². The standard InChI is InChI=1S/C13H18N2OS/c16-13(11-4-2-7-14-11)15-10-3-1-5-12-9(10)6-8-17-12/h6,8,10-11,14H,1-5,7H2,(H,15,16)/t10?,11-/m1/s1. The summed E-state index contributed by atoms with van der Waals surface area (Å²) in [7, 11) is 0. The third kappa shape index (κ3) is 2.24. The topological polar surface area (TPSA) is 41.1 Å². The van der Waals surface area contributed by atoms with Crippen molar-refractivity contribution >= 4 is 17.2 Å². The first-order chi connectivity index (χ1) is 8.34. The number of carbonyl (C=O) groups is 1. The minimum absolute atomic E-state index is 0.0408. The second-order valence-electron chi connectivity index (χ2n) is 4.90. The van der Waals surface area contributed by atoms with Gasteiger partial charge in [-0.25, -0.2) is 0 Å². The average Bonchev–Trinajstić information content (AvgIpc) is 3.00. The first kappa shape index (κ1) is 11.2. The van der Waals surface area contributed by atoms with Crippen molar-refractivity contribution in [2.24, 2.45) is 0 Å². The van der Waals surface area contributed by atoms with Gasteiger partial charge in [-0.1, -0.05) is 0 Å². The summed E-state index contributed by atoms with van der Waals surface area (Å²) in [4.78, 5) is 13.5. The highest BCUT2D eigenvalue weighted by Gasteiger charge is 2.27. The number of carbonyl (C=O) groups excluding carboxylic acids is 1. The summed E-state index contributed by atoms with van der Waals surface area (Å²) >= 11 is 1.82. The van der Waals surface area contributed by atoms with E-state index in [1.165, 1.54) is 23.3 Å². The van der Waals surface area contributed by atoms with Gasteiger partial charge in [0.15, 0.2) is 0 Å². The van der Waals surface area contributed by atoms with E-state index >= 15 is 0 Å². The normalized spacial score (nSPS) is 27.8. The summed E-state index contributed by atoms with van der Waals surface area (Å²) in [6.07, 6.45) is 5.56. The summed E-state index contributed by atoms with van der Waals surface area (Å²) in [6.45, 7) is 0.979. The molecule has 1 unspecified atom stereocenters. The molecule has 2 atom stereocenters. The van der Waals surface area contributed by atoms with E-state index in [4.69, 9.17) is 0 Å². The molecule has 0 spiro atoms. The lowest BCUT2D eigenvalue weighted by Gasteiger charge is -2.25. The molecule has 1 fully saturated rings. The van der Waals surface area contributed by atoms with Crippen LogP contribution in [0.2, 0.25) is 0 Å². The van der Waals surface area contributed by atoms with E-state index in [-0.39, 0.29) is 18.0 Å². The minimum atomic E-state index is 0.0408. The van der Waals surface area contributed by atoms with Crippen LogP contribution in [0.5, 0.6) is 0 Å². The Morgan fingerprint density at radius 2 is 2.35 bits per heavy atom. The molecule has 2 N–H and O–H groups in total. The summed E-state index contributed by atoms with van der Waals surface area (Å²) in [6, 6.07) is 2.46. The summed E-state index contributed by atoms with van der Waals surface area (Å²) in [5.74, 6) is 0.187. The van der Waals surface area contributed by atoms with Crippen molar-refractivity contribution in [3.63, 3.8) is 0 Å². The van der Waals surface area contributed by atoms with Crippen molar-refractivity contribution in [1.29, 1.82) is 0 Å². The molecule has 4 heteroatoms. The third-order valence-electron chi connectivity index (χ3n) is 3.75. The van der Waals surface area contributed by atoms with Gasteiger partial charge in [0.05, 0.1) is 12.1 Å². The zero-order chi connectivity index (χ0) is 11.7. The van der Waals surface area contributed by atoms with Crippen molar-refractivity contribution in [3.8, 4) is 0 Å². The van der Waals surface area contributed by atoms with E-state index in [1.807, 2.05) is 11.3 Å². The van der Waals surface area contributed by atoms with Crippen LogP contribution in [0.4, 0.5) is 0 Å². The molecule has 2 heterocycles. The third-order valence-corrected chi connectivity index (χ3v) is 4.74. The molecule has 1 aromatic rings. The quantitative estimate of drug-likeness (QED) is 0.843. The number of fused-ring (bicyclic) bond motifs is 1. The molecule has 17 heavy (non-hydrogen) atoms. The Morgan fingerprint density at radius 1 is 1.41 bits per heavy atom. The number of hydrogen-bond acceptors (Lipinski definition) is 3. The monoisotopic (exact) mass is 250 g/mol. The largest absolute Gasteiger partial charge is 0.348 e. The van der Waals surface area contributed by atoms with Crippen LogP contribution in [0.15, 0.2) is 11.4 Å². The molecular weight excluding hydrogens is 232 g/mol. The molecule has 1 saturated heterocycles. The fourth-order valence-corrected chi connectivity index (χ4v) is 3.80. The number of hydrogen-bond donors (Lipinski definition) is 2. The van der Waals surface area contributed by atoms with Gasteiger partial charge in [0.2, 0.25) is 5.91 Å². The van der Waals surface area contributed by atoms with Crippen molar-refractivity contribution in [2.45, 2.75) is 44.2 Å². The van der Waals surface area contributed by atoms with Gasteiger partial charge in [-0.2, -0.15) is 0 Å². The van der Waals surface area contributed by atoms with Gasteiger partial charge in [0.1, 0.15) is 0 Å². The van der Waals surface area contributed by atoms with E-state index in [2.05, 4.69) is 22.1 Å². The Labute approximate surface area is 106 Å². The number of amides is 1. The maximum absolute atomic E-state index is 12.1. The molecule has 2 aliphatic rings. The number of aryl methyl sites for hydroxylation is 1. The highest BCUT2D eigenvalue weighted by Crippen LogP contribution is 2.33. The Kier molecular flexibility index (Phi) is 3.16. The maximum atomic E-state index is 12.1. The van der Waals surface area contributed by atoms with Crippen LogP contribution >= 0.6 is 11.3 Å². The van der Waals surface area contributed by atoms with Crippen LogP contribution in [0.1, 0.15) is 42.2 Å². The van der Waals surface area contributed by atoms with Crippen LogP contribution in [0.25, 0.3) is 0 Å². The van der Waals surface area contributed by atoms with Crippen molar-refractivity contribution in [1.82, 2.24) is 10.6 Å². The Morgan fingerprint density at radius 3 is 3.18 bits per heavy atom. The van der Waals surface area contributed by atoms with Gasteiger partial charge in [0.25, 0.3) is 0 Å². The molecule has 3 rings (SSSR count). The van der Waals surface area contributed by atoms with Crippen molar-refractivity contribution in [2.75, 3.05) is 6.54 Å². The van der Waals surface area contributed by atoms with E-state index in [1.54, 1.807) is 0 Å². The van der Waals surface area contributed by atoms with Gasteiger partial charge >= 0.3 is 0 Å². The Balaban J connectivity index is 1.68. The van der Waals surface area contributed by atoms with Gasteiger partial charge in [0, 0.05) is 4.88 Å². The molecular formula is C13H18N2OS. The van der Waals surface area contributed by atoms with Crippen molar-refractivity contribution < 1.29 is 4.79 Å². The molecule has 1 aliphatic carbocycles. The highest BCUT2D eigenvalue weighted by atomic mass is 32.1. The molecule has 0 bridgehead atoms. The fourth-order valence-electron chi connectivity index (χ4n) is 2.82. The van der Waals surface area contributed by atoms with Crippen LogP contribution in [-0.2, 0) is 11.2 Å². The lowest BCUT2D eigenvalue weighted by atomic mass is 9.94. The molecule has 1 amide bonds. The summed E-state index contributed by atoms with van der Waals surface area (Å²) in [5, 5.41) is 8.60. The fraction of sp³-hybridized carbons (Fsp3) is 0.615. The van der Waals surface area contributed by atoms with E-state index in [0.717, 1.165) is 25.8 Å². The van der Waals surface area contributed by atoms with E-state index in [0.29, 0.717) is 0 Å². The molecule has 3 nitrogen and oxygen atoms in total. The first-order valence-corrected chi connectivity index (χ1v) is 7.32. The van der Waals surface area contributed by atoms with Gasteiger partial charge in [-0.15, -0.1) is 11.3 Å². The highest BCUT2D eigenvalue weighted by molar-refractivity contribution is 7.10. The predicted octanol–water partition coefficient (Wildman–Crippen LogP) is 1.99. The molecule has 0 radical (unpaired) electrons. The molecule has 1 aromatic heterocycles. The first-order valence-electron chi connectivity index (χ1n) is 6.44. The average molecular weight is 250 g/mol. The SMILES string of the molecule is O=C(NC1CCCc2sccc21)[C@H]1CCCN1. The second kappa shape index (κ2) is 4.78. The van der Waals surface area contributed by atoms with Crippen LogP contribution in [-0.4, -0.2) is 18.5 Å². The number of thiophene rings is 1. The molecule has 1 aliphatic heterocycles. The van der Waals surface area contributed by atoms with Gasteiger partial charge < -0.3 is 10.6 Å². The minimum Gasteiger partial charge on any atom is -0.348 e. The van der Waals surface area contributed by atoms with E-state index < -0.39 is 0 Å². The second-order valence-corrected chi connectivity index (χ2v) is 5.90. The summed E-state index contributed by atoms with van der Waals surface area (Å²) < 4.78 is 0. The molecule has 92 valence electrons. The molecule has 0 saturated carbocycles. The van der Waals surface area contributed by atoms with Crippen LogP contribution in [0.3, 0.4) is 0 Å². The van der Waals surface area contributed by atoms with Gasteiger partial charge in [-0.3, -0.25) is 4.79 Å². The summed E-state index contributed by atoms with van der Waals surface area (Å²) in [5.41, 5.74) is 1.35. The zero-order valence-corrected chi connectivity index (χ0v) is 10.7. The predicted molar refractivity (Wildman–Crippen MR) is 69.2 cm³/mol. The van der Waals surface area contributed by atoms with Crippen LogP contribution < -0.4 is 10.6 Å². The van der Waals surface area contributed by atoms with Gasteiger partial charge in [-0.05, 0) is 55.7 Å². The number of rotatable bonds is 2. The van der Waals surface area contributed by atoms with Crippen LogP contribution in [0, 0.1) is 0 Å².